The summed E-state index contributed by atoms with van der Waals surface area (Å²) in [5, 5.41) is 5.72. The molecule has 21 heteroatoms. The van der Waals surface area contributed by atoms with E-state index in [4.69, 9.17) is 54.4 Å². The normalized spacial score (nSPS) is 15.9. The number of nitrogens with one attached hydrogen (secondary N) is 1. The van der Waals surface area contributed by atoms with E-state index in [1.807, 2.05) is 109 Å². The summed E-state index contributed by atoms with van der Waals surface area (Å²) >= 11 is 6.03. The fourth-order valence-electron chi connectivity index (χ4n) is 9.12. The van der Waals surface area contributed by atoms with Crippen molar-refractivity contribution in [1.29, 1.82) is 0 Å². The minimum absolute atomic E-state index is 0.0270. The van der Waals surface area contributed by atoms with Crippen LogP contribution in [0.1, 0.15) is 78.4 Å². The van der Waals surface area contributed by atoms with E-state index in [2.05, 4.69) is 80.0 Å². The molecule has 0 spiro atoms. The Morgan fingerprint density at radius 3 is 1.62 bits per heavy atom. The number of likely N-dealkylation sites (tertiary alicyclic amines) is 2. The lowest BCUT2D eigenvalue weighted by Crippen LogP contribution is -2.47. The van der Waals surface area contributed by atoms with Gasteiger partial charge in [-0.1, -0.05) is 63.5 Å². The van der Waals surface area contributed by atoms with Gasteiger partial charge in [0.2, 0.25) is 11.2 Å². The molecule has 0 unspecified atom stereocenters. The molecule has 2 aromatic carbocycles. The van der Waals surface area contributed by atoms with Crippen LogP contribution in [0.15, 0.2) is 61.2 Å². The van der Waals surface area contributed by atoms with Crippen LogP contribution in [-0.4, -0.2) is 130 Å². The maximum atomic E-state index is 12.6. The molecule has 2 fully saturated rings. The van der Waals surface area contributed by atoms with Crippen molar-refractivity contribution in [2.45, 2.75) is 169 Å². The lowest BCUT2D eigenvalue weighted by Gasteiger charge is -2.34. The number of ether oxygens (including phenoxy) is 4. The minimum atomic E-state index is -1.19. The summed E-state index contributed by atoms with van der Waals surface area (Å²) in [5.74, 6) is 0.529. The third-order valence-corrected chi connectivity index (χ3v) is 17.0. The zero-order valence-electron chi connectivity index (χ0n) is 50.2. The molecular weight excluding hydrogens is 1080 g/mol. The van der Waals surface area contributed by atoms with Crippen molar-refractivity contribution in [2.75, 3.05) is 44.7 Å². The van der Waals surface area contributed by atoms with Crippen LogP contribution in [-0.2, 0) is 32.4 Å². The van der Waals surface area contributed by atoms with Crippen molar-refractivity contribution in [3.05, 3.63) is 100 Å². The first-order valence-corrected chi connectivity index (χ1v) is 35.8. The first-order chi connectivity index (χ1) is 38.0. The van der Waals surface area contributed by atoms with Crippen LogP contribution in [0.2, 0.25) is 56.7 Å². The number of nitrogens with zero attached hydrogens (tertiary/aromatic N) is 10. The monoisotopic (exact) mass is 1160 g/mol. The molecule has 2 amide bonds. The largest absolute Gasteiger partial charge is 0.444 e. The molecule has 81 heavy (non-hydrogen) atoms. The molecule has 0 saturated carbocycles. The number of rotatable bonds is 14. The number of amides is 2. The summed E-state index contributed by atoms with van der Waals surface area (Å²) in [4.78, 5) is 52.8. The number of piperidine rings is 2. The van der Waals surface area contributed by atoms with Gasteiger partial charge >= 0.3 is 12.2 Å². The second-order valence-corrected chi connectivity index (χ2v) is 37.1. The van der Waals surface area contributed by atoms with E-state index in [9.17, 15) is 9.59 Å². The van der Waals surface area contributed by atoms with Gasteiger partial charge in [0.25, 0.3) is 0 Å². The average molecular weight is 1160 g/mol. The molecule has 436 valence electrons. The predicted molar refractivity (Wildman–Crippen MR) is 331 cm³/mol. The number of carbonyl (C=O) groups is 2. The highest BCUT2D eigenvalue weighted by Gasteiger charge is 2.29. The van der Waals surface area contributed by atoms with Gasteiger partial charge in [0.15, 0.2) is 11.4 Å². The highest BCUT2D eigenvalue weighted by Crippen LogP contribution is 2.36. The molecule has 6 aromatic rings. The average Bonchev–Trinajstić information content (AvgIpc) is 4.20. The third-order valence-electron chi connectivity index (χ3n) is 13.4. The third kappa shape index (κ3) is 19.4. The number of anilines is 1. The zero-order valence-corrected chi connectivity index (χ0v) is 53.0. The van der Waals surface area contributed by atoms with Crippen LogP contribution in [0.4, 0.5) is 26.9 Å². The molecule has 6 heterocycles. The fourth-order valence-corrected chi connectivity index (χ4v) is 10.8. The number of benzene rings is 2. The number of halogens is 1. The predicted octanol–water partition coefficient (Wildman–Crippen LogP) is 14.3. The summed E-state index contributed by atoms with van der Waals surface area (Å²) in [5.41, 5.74) is 13.4. The van der Waals surface area contributed by atoms with Crippen molar-refractivity contribution in [1.82, 2.24) is 38.9 Å². The lowest BCUT2D eigenvalue weighted by molar-refractivity contribution is 0.0193. The molecule has 2 atom stereocenters. The van der Waals surface area contributed by atoms with Crippen LogP contribution in [0, 0.1) is 27.0 Å². The SMILES string of the molecule is CC(C)(C)OC(=O)N1CCC[C@H](N)C1.[C-]#[N+]c1ccc2c(-c3nc(Cl)ncc3C)cn(COCC[Si](C)(C)C)c2c1.[C-]#[N+]c1ccc2c(-c3nc(N[C@H]4CCCN(C(=O)OC(C)(C)C)C4)ncc3C)cn(COCC[Si](C)(C)C)c2c1. The zero-order chi connectivity index (χ0) is 59.5. The van der Waals surface area contributed by atoms with E-state index >= 15 is 0 Å². The number of fused-ring (bicyclic) bond motifs is 2. The Morgan fingerprint density at radius 2 is 1.16 bits per heavy atom. The van der Waals surface area contributed by atoms with Crippen LogP contribution >= 0.6 is 11.6 Å². The Morgan fingerprint density at radius 1 is 0.704 bits per heavy atom. The van der Waals surface area contributed by atoms with Crippen LogP contribution in [0.25, 0.3) is 54.0 Å². The van der Waals surface area contributed by atoms with E-state index in [1.165, 1.54) is 0 Å². The molecule has 18 nitrogen and oxygen atoms in total. The number of hydrogen-bond acceptors (Lipinski definition) is 12. The van der Waals surface area contributed by atoms with E-state index in [1.54, 1.807) is 16.0 Å². The Hall–Kier alpha value is -6.40. The number of aromatic nitrogens is 6. The van der Waals surface area contributed by atoms with Crippen molar-refractivity contribution >= 4 is 79.1 Å². The van der Waals surface area contributed by atoms with Gasteiger partial charge in [-0.05, 0) is 128 Å². The van der Waals surface area contributed by atoms with Gasteiger partial charge in [-0.15, -0.1) is 0 Å². The molecule has 8 rings (SSSR count). The van der Waals surface area contributed by atoms with E-state index in [0.717, 1.165) is 113 Å². The smallest absolute Gasteiger partial charge is 0.410 e. The van der Waals surface area contributed by atoms with Crippen molar-refractivity contribution in [3.8, 4) is 22.5 Å². The lowest BCUT2D eigenvalue weighted by atomic mass is 10.1. The molecule has 4 aromatic heterocycles. The van der Waals surface area contributed by atoms with Crippen molar-refractivity contribution in [3.63, 3.8) is 0 Å². The van der Waals surface area contributed by atoms with Gasteiger partial charge in [-0.2, -0.15) is 0 Å². The number of nitrogens with two attached hydrogens (primary N) is 1. The molecule has 0 bridgehead atoms. The van der Waals surface area contributed by atoms with E-state index < -0.39 is 27.3 Å². The molecule has 2 aliphatic rings. The quantitative estimate of drug-likeness (QED) is 0.0456. The molecule has 0 radical (unpaired) electrons. The first kappa shape index (κ1) is 63.8. The molecule has 0 aliphatic carbocycles. The first-order valence-electron chi connectivity index (χ1n) is 28.0. The van der Waals surface area contributed by atoms with E-state index in [0.29, 0.717) is 50.4 Å². The second-order valence-electron chi connectivity index (χ2n) is 25.5. The Kier molecular flexibility index (Phi) is 21.7. The van der Waals surface area contributed by atoms with Gasteiger partial charge in [-0.25, -0.2) is 39.2 Å². The van der Waals surface area contributed by atoms with Gasteiger partial charge in [0, 0.05) is 125 Å². The van der Waals surface area contributed by atoms with Gasteiger partial charge in [0.1, 0.15) is 24.7 Å². The minimum Gasteiger partial charge on any atom is -0.444 e. The van der Waals surface area contributed by atoms with Gasteiger partial charge in [0.05, 0.1) is 24.5 Å². The second kappa shape index (κ2) is 27.6. The topological polar surface area (TPSA) is 186 Å². The number of aryl methyl sites for hydroxylation is 2. The van der Waals surface area contributed by atoms with Crippen LogP contribution in [0.3, 0.4) is 0 Å². The number of hydrogen-bond donors (Lipinski definition) is 2. The molecule has 3 N–H and O–H groups in total. The maximum absolute atomic E-state index is 12.6. The molecule has 2 saturated heterocycles. The highest BCUT2D eigenvalue weighted by molar-refractivity contribution is 6.76. The summed E-state index contributed by atoms with van der Waals surface area (Å²) < 4.78 is 27.0. The molecular formula is C60H85ClN12O6Si2. The Bertz CT molecular complexity index is 3220. The van der Waals surface area contributed by atoms with Crippen molar-refractivity contribution < 1.29 is 28.5 Å². The van der Waals surface area contributed by atoms with Gasteiger partial charge in [-0.3, -0.25) is 0 Å². The van der Waals surface area contributed by atoms with Crippen molar-refractivity contribution in [2.24, 2.45) is 5.73 Å². The summed E-state index contributed by atoms with van der Waals surface area (Å²) in [6, 6.07) is 13.8. The van der Waals surface area contributed by atoms with Crippen LogP contribution in [0.5, 0.6) is 0 Å². The highest BCUT2D eigenvalue weighted by atomic mass is 35.5. The summed E-state index contributed by atoms with van der Waals surface area (Å²) in [7, 11) is -2.32. The molecule has 2 aliphatic heterocycles. The fraction of sp³-hybridized carbons (Fsp3) is 0.533. The summed E-state index contributed by atoms with van der Waals surface area (Å²) in [6.07, 6.45) is 10.9. The van der Waals surface area contributed by atoms with Gasteiger partial charge < -0.3 is 48.9 Å². The maximum Gasteiger partial charge on any atom is 0.410 e. The number of carbonyl (C=O) groups excluding carboxylic acids is 2. The Labute approximate surface area is 486 Å². The van der Waals surface area contributed by atoms with Crippen LogP contribution < -0.4 is 11.1 Å². The summed E-state index contributed by atoms with van der Waals surface area (Å²) in [6.45, 7) is 49.0. The van der Waals surface area contributed by atoms with E-state index in [-0.39, 0.29) is 29.6 Å². The Balaban J connectivity index is 0.000000221. The standard InChI is InChI=1S/C30H42N6O3Si.C20H23ClN4OSi.C10H20N2O2/c1-21-17-32-28(33-23-10-9-13-35(18-23)29(37)39-30(2,3)4)34-27(21)25-19-36(20-38-14-15-40(6,7)8)26-16-22(31-5)11-12-24(25)26;1-14-11-23-20(21)24-19(14)17-12-25(13-26-8-9-27(3,4)5)18-10-15(22-2)6-7-16(17)18;1-10(2,3)14-9(13)12-6-4-5-8(11)7-12/h11-12,16-17,19,23H,9-10,13-15,18,20H2,1-4,6-8H3,(H,32,33,34);6-7,10-12H,8-9,13H2,1,3-5H3;8H,4-7,11H2,1-3H3/t23-;;8-/m0.0/s1.